The maximum absolute atomic E-state index is 11.7. The van der Waals surface area contributed by atoms with E-state index in [0.29, 0.717) is 26.1 Å². The van der Waals surface area contributed by atoms with E-state index in [1.807, 2.05) is 6.92 Å². The Bertz CT molecular complexity index is 257. The topological polar surface area (TPSA) is 50.1 Å². The molecular formula is C12H19NO2. The van der Waals surface area contributed by atoms with E-state index in [2.05, 4.69) is 6.07 Å². The third kappa shape index (κ3) is 3.04. The molecule has 1 rings (SSSR count). The number of Topliss-reactive ketones (excluding diaryl/α,β-unsaturated/α-hetero) is 1. The molecule has 0 aromatic carbocycles. The van der Waals surface area contributed by atoms with Crippen LogP contribution >= 0.6 is 0 Å². The van der Waals surface area contributed by atoms with Crippen molar-refractivity contribution in [2.45, 2.75) is 45.4 Å². The van der Waals surface area contributed by atoms with Crippen molar-refractivity contribution in [2.24, 2.45) is 5.41 Å². The first kappa shape index (κ1) is 12.2. The van der Waals surface area contributed by atoms with Crippen LogP contribution in [0.4, 0.5) is 0 Å². The fourth-order valence-corrected chi connectivity index (χ4v) is 2.15. The predicted molar refractivity (Wildman–Crippen MR) is 57.2 cm³/mol. The summed E-state index contributed by atoms with van der Waals surface area (Å²) >= 11 is 0. The molecule has 3 nitrogen and oxygen atoms in total. The molecule has 0 spiro atoms. The fourth-order valence-electron chi connectivity index (χ4n) is 2.15. The molecule has 0 aliphatic heterocycles. The zero-order valence-electron chi connectivity index (χ0n) is 9.42. The zero-order chi connectivity index (χ0) is 11.1. The van der Waals surface area contributed by atoms with Gasteiger partial charge in [0.05, 0.1) is 6.07 Å². The second kappa shape index (κ2) is 5.87. The van der Waals surface area contributed by atoms with Crippen molar-refractivity contribution in [2.75, 3.05) is 13.2 Å². The molecule has 84 valence electrons. The van der Waals surface area contributed by atoms with Gasteiger partial charge in [0.1, 0.15) is 5.41 Å². The SMILES string of the molecule is CCOCCCC1(C#N)CCCCC1=O. The molecule has 1 aliphatic rings. The molecule has 0 radical (unpaired) electrons. The van der Waals surface area contributed by atoms with E-state index in [0.717, 1.165) is 25.7 Å². The molecule has 0 amide bonds. The van der Waals surface area contributed by atoms with Gasteiger partial charge in [-0.2, -0.15) is 5.26 Å². The Morgan fingerprint density at radius 1 is 1.53 bits per heavy atom. The van der Waals surface area contributed by atoms with Crippen molar-refractivity contribution < 1.29 is 9.53 Å². The van der Waals surface area contributed by atoms with Crippen LogP contribution in [0.2, 0.25) is 0 Å². The van der Waals surface area contributed by atoms with Crippen molar-refractivity contribution in [3.05, 3.63) is 0 Å². The van der Waals surface area contributed by atoms with Gasteiger partial charge in [-0.05, 0) is 32.6 Å². The Balaban J connectivity index is 2.45. The van der Waals surface area contributed by atoms with E-state index in [-0.39, 0.29) is 5.78 Å². The van der Waals surface area contributed by atoms with Gasteiger partial charge in [-0.3, -0.25) is 4.79 Å². The van der Waals surface area contributed by atoms with Crippen molar-refractivity contribution >= 4 is 5.78 Å². The summed E-state index contributed by atoms with van der Waals surface area (Å²) in [5.41, 5.74) is -0.685. The van der Waals surface area contributed by atoms with Gasteiger partial charge in [-0.1, -0.05) is 6.42 Å². The van der Waals surface area contributed by atoms with Gasteiger partial charge in [-0.25, -0.2) is 0 Å². The number of nitriles is 1. The van der Waals surface area contributed by atoms with Gasteiger partial charge in [0.2, 0.25) is 0 Å². The molecule has 1 aliphatic carbocycles. The van der Waals surface area contributed by atoms with Crippen molar-refractivity contribution in [3.8, 4) is 6.07 Å². The zero-order valence-corrected chi connectivity index (χ0v) is 9.42. The van der Waals surface area contributed by atoms with Crippen LogP contribution in [-0.4, -0.2) is 19.0 Å². The minimum absolute atomic E-state index is 0.146. The van der Waals surface area contributed by atoms with E-state index < -0.39 is 5.41 Å². The van der Waals surface area contributed by atoms with Crippen LogP contribution in [-0.2, 0) is 9.53 Å². The van der Waals surface area contributed by atoms with Gasteiger partial charge in [0.15, 0.2) is 5.78 Å². The number of rotatable bonds is 5. The highest BCUT2D eigenvalue weighted by Gasteiger charge is 2.39. The largest absolute Gasteiger partial charge is 0.382 e. The lowest BCUT2D eigenvalue weighted by Gasteiger charge is -2.28. The lowest BCUT2D eigenvalue weighted by Crippen LogP contribution is -2.33. The molecule has 0 bridgehead atoms. The molecule has 1 fully saturated rings. The highest BCUT2D eigenvalue weighted by Crippen LogP contribution is 2.36. The van der Waals surface area contributed by atoms with Gasteiger partial charge < -0.3 is 4.74 Å². The Labute approximate surface area is 91.4 Å². The number of hydrogen-bond acceptors (Lipinski definition) is 3. The smallest absolute Gasteiger partial charge is 0.153 e. The van der Waals surface area contributed by atoms with E-state index in [1.54, 1.807) is 0 Å². The van der Waals surface area contributed by atoms with Crippen LogP contribution in [0.5, 0.6) is 0 Å². The van der Waals surface area contributed by atoms with Crippen molar-refractivity contribution in [1.29, 1.82) is 5.26 Å². The fraction of sp³-hybridized carbons (Fsp3) is 0.833. The minimum Gasteiger partial charge on any atom is -0.382 e. The maximum atomic E-state index is 11.7. The van der Waals surface area contributed by atoms with Gasteiger partial charge >= 0.3 is 0 Å². The maximum Gasteiger partial charge on any atom is 0.153 e. The molecule has 1 saturated carbocycles. The molecule has 0 saturated heterocycles. The van der Waals surface area contributed by atoms with Crippen LogP contribution in [0.15, 0.2) is 0 Å². The lowest BCUT2D eigenvalue weighted by molar-refractivity contribution is -0.128. The molecule has 1 unspecified atom stereocenters. The van der Waals surface area contributed by atoms with E-state index in [1.165, 1.54) is 0 Å². The van der Waals surface area contributed by atoms with Gasteiger partial charge in [0.25, 0.3) is 0 Å². The highest BCUT2D eigenvalue weighted by molar-refractivity contribution is 5.88. The summed E-state index contributed by atoms with van der Waals surface area (Å²) in [4.78, 5) is 11.7. The molecule has 0 heterocycles. The monoisotopic (exact) mass is 209 g/mol. The summed E-state index contributed by atoms with van der Waals surface area (Å²) in [6.07, 6.45) is 4.77. The summed E-state index contributed by atoms with van der Waals surface area (Å²) in [6, 6.07) is 2.24. The quantitative estimate of drug-likeness (QED) is 0.653. The molecular weight excluding hydrogens is 190 g/mol. The minimum atomic E-state index is -0.685. The first-order valence-corrected chi connectivity index (χ1v) is 5.77. The first-order chi connectivity index (χ1) is 7.25. The van der Waals surface area contributed by atoms with Crippen molar-refractivity contribution in [3.63, 3.8) is 0 Å². The highest BCUT2D eigenvalue weighted by atomic mass is 16.5. The predicted octanol–water partition coefficient (Wildman–Crippen LogP) is 2.46. The molecule has 0 N–H and O–H groups in total. The molecule has 0 aromatic rings. The first-order valence-electron chi connectivity index (χ1n) is 5.77. The van der Waals surface area contributed by atoms with Gasteiger partial charge in [-0.15, -0.1) is 0 Å². The number of nitrogens with zero attached hydrogens (tertiary/aromatic N) is 1. The number of hydrogen-bond donors (Lipinski definition) is 0. The van der Waals surface area contributed by atoms with E-state index in [9.17, 15) is 4.79 Å². The van der Waals surface area contributed by atoms with Crippen LogP contribution in [0.1, 0.15) is 45.4 Å². The molecule has 15 heavy (non-hydrogen) atoms. The normalized spacial score (nSPS) is 26.3. The number of carbonyl (C=O) groups excluding carboxylic acids is 1. The Kier molecular flexibility index (Phi) is 4.77. The van der Waals surface area contributed by atoms with Crippen molar-refractivity contribution in [1.82, 2.24) is 0 Å². The Morgan fingerprint density at radius 3 is 2.93 bits per heavy atom. The summed E-state index contributed by atoms with van der Waals surface area (Å²) in [7, 11) is 0. The summed E-state index contributed by atoms with van der Waals surface area (Å²) < 4.78 is 5.23. The third-order valence-electron chi connectivity index (χ3n) is 3.10. The van der Waals surface area contributed by atoms with Gasteiger partial charge in [0, 0.05) is 19.6 Å². The second-order valence-corrected chi connectivity index (χ2v) is 4.12. The summed E-state index contributed by atoms with van der Waals surface area (Å²) in [6.45, 7) is 3.31. The van der Waals surface area contributed by atoms with Crippen LogP contribution in [0.25, 0.3) is 0 Å². The number of ether oxygens (including phenoxy) is 1. The van der Waals surface area contributed by atoms with E-state index in [4.69, 9.17) is 10.00 Å². The second-order valence-electron chi connectivity index (χ2n) is 4.12. The number of carbonyl (C=O) groups is 1. The standard InChI is InChI=1S/C12H19NO2/c1-2-15-9-5-8-12(10-13)7-4-3-6-11(12)14/h2-9H2,1H3. The molecule has 3 heteroatoms. The summed E-state index contributed by atoms with van der Waals surface area (Å²) in [5, 5.41) is 9.16. The van der Waals surface area contributed by atoms with Crippen LogP contribution in [0, 0.1) is 16.7 Å². The average Bonchev–Trinajstić information content (AvgIpc) is 2.27. The summed E-state index contributed by atoms with van der Waals surface area (Å²) in [5.74, 6) is 0.146. The Hall–Kier alpha value is -0.880. The third-order valence-corrected chi connectivity index (χ3v) is 3.10. The molecule has 1 atom stereocenters. The average molecular weight is 209 g/mol. The van der Waals surface area contributed by atoms with Crippen LogP contribution in [0.3, 0.4) is 0 Å². The van der Waals surface area contributed by atoms with Crippen LogP contribution < -0.4 is 0 Å². The number of ketones is 1. The lowest BCUT2D eigenvalue weighted by atomic mass is 9.71. The molecule has 0 aromatic heterocycles. The Morgan fingerprint density at radius 2 is 2.33 bits per heavy atom. The van der Waals surface area contributed by atoms with E-state index >= 15 is 0 Å².